The van der Waals surface area contributed by atoms with Crippen LogP contribution in [0.25, 0.3) is 0 Å². The van der Waals surface area contributed by atoms with Gasteiger partial charge in [-0.05, 0) is 6.42 Å². The Morgan fingerprint density at radius 3 is 3.05 bits per heavy atom. The summed E-state index contributed by atoms with van der Waals surface area (Å²) in [5.74, 6) is 0. The van der Waals surface area contributed by atoms with Gasteiger partial charge in [0, 0.05) is 29.9 Å². The van der Waals surface area contributed by atoms with Crippen LogP contribution in [0.2, 0.25) is 0 Å². The first-order valence-electron chi connectivity index (χ1n) is 6.13. The molecule has 0 bridgehead atoms. The van der Waals surface area contributed by atoms with Gasteiger partial charge >= 0.3 is 5.69 Å². The summed E-state index contributed by atoms with van der Waals surface area (Å²) in [5.41, 5.74) is -0.998. The SMILES string of the molecule is CCCNc1ncc(Cn2ccc(=O)c([N+](=O)[O-])c2)s1. The molecule has 20 heavy (non-hydrogen) atoms. The number of anilines is 1. The van der Waals surface area contributed by atoms with Crippen molar-refractivity contribution < 1.29 is 4.92 Å². The predicted octanol–water partition coefficient (Wildman–Crippen LogP) is 2.08. The molecule has 0 aliphatic heterocycles. The van der Waals surface area contributed by atoms with Crippen molar-refractivity contribution in [1.29, 1.82) is 0 Å². The van der Waals surface area contributed by atoms with Crippen LogP contribution in [0.5, 0.6) is 0 Å². The Bertz CT molecular complexity index is 665. The third-order valence-electron chi connectivity index (χ3n) is 2.57. The summed E-state index contributed by atoms with van der Waals surface area (Å²) in [5, 5.41) is 14.7. The van der Waals surface area contributed by atoms with Crippen molar-refractivity contribution in [2.75, 3.05) is 11.9 Å². The van der Waals surface area contributed by atoms with Gasteiger partial charge in [-0.15, -0.1) is 11.3 Å². The minimum Gasteiger partial charge on any atom is -0.362 e. The molecule has 0 radical (unpaired) electrons. The molecule has 0 fully saturated rings. The number of hydrogen-bond donors (Lipinski definition) is 1. The Hall–Kier alpha value is -2.22. The molecule has 0 aromatic carbocycles. The average Bonchev–Trinajstić information content (AvgIpc) is 2.86. The fraction of sp³-hybridized carbons (Fsp3) is 0.333. The molecule has 2 heterocycles. The van der Waals surface area contributed by atoms with Crippen LogP contribution >= 0.6 is 11.3 Å². The first kappa shape index (κ1) is 14.2. The van der Waals surface area contributed by atoms with Gasteiger partial charge < -0.3 is 9.88 Å². The molecule has 7 nitrogen and oxygen atoms in total. The van der Waals surface area contributed by atoms with E-state index < -0.39 is 16.0 Å². The normalized spacial score (nSPS) is 10.4. The molecule has 0 amide bonds. The van der Waals surface area contributed by atoms with Gasteiger partial charge in [-0.1, -0.05) is 6.92 Å². The molecule has 0 aliphatic carbocycles. The van der Waals surface area contributed by atoms with E-state index in [0.717, 1.165) is 23.0 Å². The number of nitrogens with zero attached hydrogens (tertiary/aromatic N) is 3. The molecule has 2 rings (SSSR count). The van der Waals surface area contributed by atoms with Gasteiger partial charge in [-0.2, -0.15) is 0 Å². The molecule has 0 atom stereocenters. The second kappa shape index (κ2) is 6.29. The monoisotopic (exact) mass is 294 g/mol. The second-order valence-corrected chi connectivity index (χ2v) is 5.30. The molecule has 8 heteroatoms. The molecule has 2 aromatic heterocycles. The van der Waals surface area contributed by atoms with Crippen LogP contribution in [-0.4, -0.2) is 21.0 Å². The van der Waals surface area contributed by atoms with E-state index in [9.17, 15) is 14.9 Å². The Morgan fingerprint density at radius 1 is 1.55 bits per heavy atom. The van der Waals surface area contributed by atoms with Crippen molar-refractivity contribution >= 4 is 22.2 Å². The maximum absolute atomic E-state index is 11.3. The van der Waals surface area contributed by atoms with Crippen LogP contribution in [0.3, 0.4) is 0 Å². The zero-order valence-corrected chi connectivity index (χ0v) is 11.7. The van der Waals surface area contributed by atoms with E-state index in [-0.39, 0.29) is 0 Å². The van der Waals surface area contributed by atoms with Crippen LogP contribution in [0, 0.1) is 10.1 Å². The zero-order chi connectivity index (χ0) is 14.5. The van der Waals surface area contributed by atoms with Gasteiger partial charge in [0.15, 0.2) is 5.13 Å². The lowest BCUT2D eigenvalue weighted by atomic mass is 10.4. The molecule has 1 N–H and O–H groups in total. The lowest BCUT2D eigenvalue weighted by Crippen LogP contribution is -2.11. The van der Waals surface area contributed by atoms with E-state index in [1.165, 1.54) is 29.8 Å². The van der Waals surface area contributed by atoms with Gasteiger partial charge in [0.05, 0.1) is 17.7 Å². The summed E-state index contributed by atoms with van der Waals surface area (Å²) in [6.07, 6.45) is 5.53. The van der Waals surface area contributed by atoms with E-state index in [1.54, 1.807) is 10.8 Å². The van der Waals surface area contributed by atoms with E-state index in [4.69, 9.17) is 0 Å². The summed E-state index contributed by atoms with van der Waals surface area (Å²) in [7, 11) is 0. The van der Waals surface area contributed by atoms with Crippen LogP contribution in [0.4, 0.5) is 10.8 Å². The van der Waals surface area contributed by atoms with Crippen molar-refractivity contribution in [3.05, 3.63) is 49.9 Å². The molecular weight excluding hydrogens is 280 g/mol. The largest absolute Gasteiger partial charge is 0.362 e. The Labute approximate surface area is 119 Å². The van der Waals surface area contributed by atoms with Gasteiger partial charge in [0.2, 0.25) is 0 Å². The number of thiazole rings is 1. The minimum absolute atomic E-state index is 0.415. The maximum Gasteiger partial charge on any atom is 0.332 e. The van der Waals surface area contributed by atoms with Gasteiger partial charge in [-0.25, -0.2) is 4.98 Å². The van der Waals surface area contributed by atoms with Gasteiger partial charge in [-0.3, -0.25) is 14.9 Å². The van der Waals surface area contributed by atoms with Crippen molar-refractivity contribution in [3.63, 3.8) is 0 Å². The standard InChI is InChI=1S/C12H14N4O3S/c1-2-4-13-12-14-6-9(20-12)7-15-5-3-11(17)10(8-15)16(18)19/h3,5-6,8H,2,4,7H2,1H3,(H,13,14). The lowest BCUT2D eigenvalue weighted by molar-refractivity contribution is -0.386. The quantitative estimate of drug-likeness (QED) is 0.650. The predicted molar refractivity (Wildman–Crippen MR) is 77.4 cm³/mol. The highest BCUT2D eigenvalue weighted by atomic mass is 32.1. The Morgan fingerprint density at radius 2 is 2.35 bits per heavy atom. The van der Waals surface area contributed by atoms with Crippen molar-refractivity contribution in [1.82, 2.24) is 9.55 Å². The van der Waals surface area contributed by atoms with E-state index >= 15 is 0 Å². The highest BCUT2D eigenvalue weighted by Gasteiger charge is 2.12. The number of pyridine rings is 1. The summed E-state index contributed by atoms with van der Waals surface area (Å²) in [4.78, 5) is 26.6. The fourth-order valence-corrected chi connectivity index (χ4v) is 2.47. The molecule has 106 valence electrons. The van der Waals surface area contributed by atoms with Gasteiger partial charge in [0.1, 0.15) is 0 Å². The van der Waals surface area contributed by atoms with Crippen molar-refractivity contribution in [2.45, 2.75) is 19.9 Å². The Kier molecular flexibility index (Phi) is 4.46. The van der Waals surface area contributed by atoms with Crippen molar-refractivity contribution in [2.24, 2.45) is 0 Å². The minimum atomic E-state index is -0.667. The molecule has 0 saturated carbocycles. The molecule has 0 aliphatic rings. The molecule has 0 unspecified atom stereocenters. The van der Waals surface area contributed by atoms with Crippen LogP contribution in [0.15, 0.2) is 29.5 Å². The second-order valence-electron chi connectivity index (χ2n) is 4.18. The van der Waals surface area contributed by atoms with Gasteiger partial charge in [0.25, 0.3) is 5.43 Å². The number of hydrogen-bond acceptors (Lipinski definition) is 6. The number of rotatable bonds is 6. The molecule has 2 aromatic rings. The third-order valence-corrected chi connectivity index (χ3v) is 3.51. The van der Waals surface area contributed by atoms with Crippen LogP contribution in [0.1, 0.15) is 18.2 Å². The van der Waals surface area contributed by atoms with E-state index in [0.29, 0.717) is 6.54 Å². The van der Waals surface area contributed by atoms with Crippen molar-refractivity contribution in [3.8, 4) is 0 Å². The number of aromatic nitrogens is 2. The fourth-order valence-electron chi connectivity index (χ4n) is 1.62. The molecule has 0 spiro atoms. The lowest BCUT2D eigenvalue weighted by Gasteiger charge is -2.03. The summed E-state index contributed by atoms with van der Waals surface area (Å²) in [6.45, 7) is 3.38. The maximum atomic E-state index is 11.3. The highest BCUT2D eigenvalue weighted by molar-refractivity contribution is 7.15. The summed E-state index contributed by atoms with van der Waals surface area (Å²) in [6, 6.07) is 1.20. The smallest absolute Gasteiger partial charge is 0.332 e. The first-order chi connectivity index (χ1) is 9.60. The molecular formula is C12H14N4O3S. The zero-order valence-electron chi connectivity index (χ0n) is 10.9. The first-order valence-corrected chi connectivity index (χ1v) is 6.95. The van der Waals surface area contributed by atoms with E-state index in [1.807, 2.05) is 0 Å². The van der Waals surface area contributed by atoms with Crippen LogP contribution < -0.4 is 10.7 Å². The van der Waals surface area contributed by atoms with Crippen LogP contribution in [-0.2, 0) is 6.54 Å². The van der Waals surface area contributed by atoms with E-state index in [2.05, 4.69) is 17.2 Å². The topological polar surface area (TPSA) is 90.1 Å². The molecule has 0 saturated heterocycles. The number of nitro groups is 1. The summed E-state index contributed by atoms with van der Waals surface area (Å²) < 4.78 is 1.61. The average molecular weight is 294 g/mol. The Balaban J connectivity index is 2.13. The third kappa shape index (κ3) is 3.41. The summed E-state index contributed by atoms with van der Waals surface area (Å²) >= 11 is 1.50. The number of nitrogens with one attached hydrogen (secondary N) is 1. The highest BCUT2D eigenvalue weighted by Crippen LogP contribution is 2.19.